The van der Waals surface area contributed by atoms with Crippen LogP contribution in [0.1, 0.15) is 35.8 Å². The van der Waals surface area contributed by atoms with Gasteiger partial charge in [-0.05, 0) is 72.6 Å². The molecule has 0 aliphatic rings. The maximum atomic E-state index is 14.2. The molecule has 7 nitrogen and oxygen atoms in total. The predicted octanol–water partition coefficient (Wildman–Crippen LogP) is 7.28. The molecule has 0 unspecified atom stereocenters. The molecule has 0 radical (unpaired) electrons. The van der Waals surface area contributed by atoms with Gasteiger partial charge in [0.1, 0.15) is 29.5 Å². The van der Waals surface area contributed by atoms with E-state index in [1.165, 1.54) is 18.1 Å². The van der Waals surface area contributed by atoms with Crippen LogP contribution in [0.5, 0.6) is 5.75 Å². The number of phenols is 1. The van der Waals surface area contributed by atoms with Crippen molar-refractivity contribution in [1.29, 1.82) is 0 Å². The maximum absolute atomic E-state index is 14.2. The van der Waals surface area contributed by atoms with E-state index in [-0.39, 0.29) is 17.2 Å². The molecule has 0 saturated carbocycles. The molecule has 10 heteroatoms. The van der Waals surface area contributed by atoms with Crippen LogP contribution < -0.4 is 10.6 Å². The Morgan fingerprint density at radius 2 is 1.74 bits per heavy atom. The number of aromatic nitrogens is 3. The summed E-state index contributed by atoms with van der Waals surface area (Å²) >= 11 is 1.43. The molecule has 0 aliphatic heterocycles. The van der Waals surface area contributed by atoms with Crippen molar-refractivity contribution in [3.8, 4) is 5.75 Å². The van der Waals surface area contributed by atoms with Gasteiger partial charge in [-0.25, -0.2) is 23.7 Å². The van der Waals surface area contributed by atoms with Crippen molar-refractivity contribution >= 4 is 45.9 Å². The quantitative estimate of drug-likeness (QED) is 0.198. The second-order valence-corrected chi connectivity index (χ2v) is 10.1. The summed E-state index contributed by atoms with van der Waals surface area (Å²) in [6.45, 7) is 4.11. The number of fused-ring (bicyclic) bond motifs is 1. The van der Waals surface area contributed by atoms with Crippen LogP contribution in [0.25, 0.3) is 11.0 Å². The molecule has 0 atom stereocenters. The Bertz CT molecular complexity index is 1680. The Hall–Kier alpha value is -4.57. The van der Waals surface area contributed by atoms with Gasteiger partial charge in [0.15, 0.2) is 5.65 Å². The van der Waals surface area contributed by atoms with Crippen molar-refractivity contribution in [2.45, 2.75) is 29.6 Å². The molecule has 0 saturated heterocycles. The highest BCUT2D eigenvalue weighted by atomic mass is 32.2. The lowest BCUT2D eigenvalue weighted by Crippen LogP contribution is -2.14. The number of rotatable bonds is 7. The third-order valence-corrected chi connectivity index (χ3v) is 6.92. The van der Waals surface area contributed by atoms with Gasteiger partial charge in [0.25, 0.3) is 5.91 Å². The molecule has 0 spiro atoms. The number of benzene rings is 3. The summed E-state index contributed by atoms with van der Waals surface area (Å²) in [7, 11) is 0. The van der Waals surface area contributed by atoms with E-state index in [4.69, 9.17) is 0 Å². The van der Waals surface area contributed by atoms with E-state index in [1.54, 1.807) is 42.5 Å². The summed E-state index contributed by atoms with van der Waals surface area (Å²) in [6, 6.07) is 18.6. The number of phenolic OH excluding ortho intramolecular Hbond substituents is 1. The molecule has 5 aromatic rings. The van der Waals surface area contributed by atoms with E-state index < -0.39 is 17.5 Å². The number of pyridine rings is 1. The molecule has 0 bridgehead atoms. The smallest absolute Gasteiger partial charge is 0.258 e. The van der Waals surface area contributed by atoms with Crippen molar-refractivity contribution < 1.29 is 18.7 Å². The molecule has 2 aromatic heterocycles. The van der Waals surface area contributed by atoms with Gasteiger partial charge < -0.3 is 15.7 Å². The van der Waals surface area contributed by atoms with E-state index in [1.807, 2.05) is 12.1 Å². The standard InChI is InChI=1S/C29H23F2N5O2S/c1-16(2)24-11-10-22-27(35-24)32-15-33-28(22)36-25-14-18(34-29(38)21-9-3-17(30)13-23(21)31)4-12-26(25)39-20-7-5-19(37)6-8-20/h3-16,37H,1-2H3,(H,34,38)(H,32,33,35,36). The van der Waals surface area contributed by atoms with E-state index in [2.05, 4.69) is 39.4 Å². The van der Waals surface area contributed by atoms with Crippen LogP contribution in [0.3, 0.4) is 0 Å². The van der Waals surface area contributed by atoms with Crippen LogP contribution in [0, 0.1) is 11.6 Å². The Kier molecular flexibility index (Phi) is 7.38. The molecule has 1 amide bonds. The van der Waals surface area contributed by atoms with Gasteiger partial charge >= 0.3 is 0 Å². The first-order valence-electron chi connectivity index (χ1n) is 12.0. The molecule has 0 fully saturated rings. The van der Waals surface area contributed by atoms with Crippen LogP contribution in [0.4, 0.5) is 26.0 Å². The van der Waals surface area contributed by atoms with Crippen molar-refractivity contribution in [1.82, 2.24) is 15.0 Å². The largest absolute Gasteiger partial charge is 0.508 e. The fourth-order valence-electron chi connectivity index (χ4n) is 3.81. The van der Waals surface area contributed by atoms with Gasteiger partial charge in [0.05, 0.1) is 16.6 Å². The number of aromatic hydroxyl groups is 1. The first-order chi connectivity index (χ1) is 18.8. The fraction of sp³-hybridized carbons (Fsp3) is 0.103. The first kappa shape index (κ1) is 26.1. The fourth-order valence-corrected chi connectivity index (χ4v) is 4.70. The van der Waals surface area contributed by atoms with Crippen LogP contribution >= 0.6 is 11.8 Å². The monoisotopic (exact) mass is 543 g/mol. The van der Waals surface area contributed by atoms with Gasteiger partial charge in [-0.3, -0.25) is 4.79 Å². The summed E-state index contributed by atoms with van der Waals surface area (Å²) in [6.07, 6.45) is 1.43. The molecular formula is C29H23F2N5O2S. The molecule has 0 aliphatic carbocycles. The number of hydrogen-bond donors (Lipinski definition) is 3. The van der Waals surface area contributed by atoms with Gasteiger partial charge in [-0.15, -0.1) is 0 Å². The van der Waals surface area contributed by atoms with Crippen LogP contribution in [0.15, 0.2) is 88.9 Å². The average molecular weight is 544 g/mol. The summed E-state index contributed by atoms with van der Waals surface area (Å²) < 4.78 is 27.5. The second-order valence-electron chi connectivity index (χ2n) is 8.99. The van der Waals surface area contributed by atoms with Crippen LogP contribution in [-0.2, 0) is 0 Å². The summed E-state index contributed by atoms with van der Waals surface area (Å²) in [4.78, 5) is 27.8. The second kappa shape index (κ2) is 11.0. The van der Waals surface area contributed by atoms with Gasteiger partial charge in [0.2, 0.25) is 0 Å². The van der Waals surface area contributed by atoms with Crippen molar-refractivity contribution in [3.63, 3.8) is 0 Å². The van der Waals surface area contributed by atoms with Crippen LogP contribution in [0.2, 0.25) is 0 Å². The number of halogens is 2. The highest BCUT2D eigenvalue weighted by Gasteiger charge is 2.16. The number of nitrogens with zero attached hydrogens (tertiary/aromatic N) is 3. The number of anilines is 3. The molecule has 3 aromatic carbocycles. The lowest BCUT2D eigenvalue weighted by molar-refractivity contribution is 0.102. The molecule has 2 heterocycles. The van der Waals surface area contributed by atoms with Gasteiger partial charge in [-0.1, -0.05) is 25.6 Å². The number of hydrogen-bond acceptors (Lipinski definition) is 7. The number of carbonyl (C=O) groups is 1. The zero-order valence-corrected chi connectivity index (χ0v) is 21.8. The zero-order chi connectivity index (χ0) is 27.5. The molecule has 196 valence electrons. The minimum atomic E-state index is -0.953. The lowest BCUT2D eigenvalue weighted by atomic mass is 10.1. The van der Waals surface area contributed by atoms with E-state index >= 15 is 0 Å². The minimum absolute atomic E-state index is 0.157. The normalized spacial score (nSPS) is 11.1. The Morgan fingerprint density at radius 3 is 2.49 bits per heavy atom. The molecule has 39 heavy (non-hydrogen) atoms. The summed E-state index contributed by atoms with van der Waals surface area (Å²) in [5, 5.41) is 16.4. The third-order valence-electron chi connectivity index (χ3n) is 5.84. The van der Waals surface area contributed by atoms with Crippen molar-refractivity contribution in [2.24, 2.45) is 0 Å². The summed E-state index contributed by atoms with van der Waals surface area (Å²) in [5.74, 6) is -1.52. The Morgan fingerprint density at radius 1 is 0.949 bits per heavy atom. The van der Waals surface area contributed by atoms with E-state index in [0.29, 0.717) is 34.3 Å². The number of amides is 1. The number of nitrogens with one attached hydrogen (secondary N) is 2. The van der Waals surface area contributed by atoms with Gasteiger partial charge in [0, 0.05) is 27.2 Å². The highest BCUT2D eigenvalue weighted by Crippen LogP contribution is 2.38. The highest BCUT2D eigenvalue weighted by molar-refractivity contribution is 7.99. The van der Waals surface area contributed by atoms with Crippen LogP contribution in [-0.4, -0.2) is 26.0 Å². The average Bonchev–Trinajstić information content (AvgIpc) is 2.91. The van der Waals surface area contributed by atoms with Gasteiger partial charge in [-0.2, -0.15) is 0 Å². The van der Waals surface area contributed by atoms with E-state index in [0.717, 1.165) is 27.6 Å². The predicted molar refractivity (Wildman–Crippen MR) is 148 cm³/mol. The molecular weight excluding hydrogens is 520 g/mol. The number of carbonyl (C=O) groups excluding carboxylic acids is 1. The SMILES string of the molecule is CC(C)c1ccc2c(Nc3cc(NC(=O)c4ccc(F)cc4F)ccc3Sc3ccc(O)cc3)ncnc2n1. The summed E-state index contributed by atoms with van der Waals surface area (Å²) in [5.41, 5.74) is 2.18. The molecule has 5 rings (SSSR count). The van der Waals surface area contributed by atoms with Crippen molar-refractivity contribution in [2.75, 3.05) is 10.6 Å². The van der Waals surface area contributed by atoms with Crippen molar-refractivity contribution in [3.05, 3.63) is 102 Å². The topological polar surface area (TPSA) is 100 Å². The zero-order valence-electron chi connectivity index (χ0n) is 20.9. The maximum Gasteiger partial charge on any atom is 0.258 e. The molecule has 3 N–H and O–H groups in total. The Balaban J connectivity index is 1.51. The van der Waals surface area contributed by atoms with E-state index in [9.17, 15) is 18.7 Å². The third kappa shape index (κ3) is 5.96. The Labute approximate surface area is 227 Å². The lowest BCUT2D eigenvalue weighted by Gasteiger charge is -2.15. The minimum Gasteiger partial charge on any atom is -0.508 e. The first-order valence-corrected chi connectivity index (χ1v) is 12.8.